The van der Waals surface area contributed by atoms with Gasteiger partial charge in [-0.1, -0.05) is 0 Å². The minimum absolute atomic E-state index is 0.308. The lowest BCUT2D eigenvalue weighted by Crippen LogP contribution is -2.37. The summed E-state index contributed by atoms with van der Waals surface area (Å²) in [7, 11) is 4.32. The van der Waals surface area contributed by atoms with Crippen molar-refractivity contribution in [3.8, 4) is 6.07 Å². The summed E-state index contributed by atoms with van der Waals surface area (Å²) in [5.41, 5.74) is 0.632. The summed E-state index contributed by atoms with van der Waals surface area (Å²) < 4.78 is 6.29. The fourth-order valence-corrected chi connectivity index (χ4v) is 4.02. The number of furan rings is 1. The molecule has 1 aliphatic carbocycles. The van der Waals surface area contributed by atoms with Crippen molar-refractivity contribution < 1.29 is 4.42 Å². The number of pyridine rings is 1. The molecule has 1 saturated carbocycles. The molecule has 0 radical (unpaired) electrons. The Labute approximate surface area is 151 Å². The van der Waals surface area contributed by atoms with Crippen LogP contribution in [-0.2, 0) is 0 Å². The number of nitriles is 1. The van der Waals surface area contributed by atoms with Crippen LogP contribution in [0.15, 0.2) is 21.2 Å². The van der Waals surface area contributed by atoms with E-state index in [1.54, 1.807) is 12.3 Å². The highest BCUT2D eigenvalue weighted by Gasteiger charge is 2.26. The number of fused-ring (bicyclic) bond motifs is 1. The molecule has 5 nitrogen and oxygen atoms in total. The molecule has 0 saturated heterocycles. The number of aromatic nitrogens is 1. The molecule has 128 valence electrons. The lowest BCUT2D eigenvalue weighted by Gasteiger charge is -2.35. The number of rotatable bonds is 4. The van der Waals surface area contributed by atoms with E-state index >= 15 is 0 Å². The van der Waals surface area contributed by atoms with Crippen molar-refractivity contribution in [2.24, 2.45) is 5.92 Å². The maximum absolute atomic E-state index is 8.97. The highest BCUT2D eigenvalue weighted by atomic mass is 79.9. The first-order chi connectivity index (χ1) is 11.5. The lowest BCUT2D eigenvalue weighted by molar-refractivity contribution is 0.180. The molecule has 2 aromatic rings. The quantitative estimate of drug-likeness (QED) is 0.838. The molecule has 2 heterocycles. The number of nitrogens with zero attached hydrogens (tertiary/aromatic N) is 3. The summed E-state index contributed by atoms with van der Waals surface area (Å²) in [4.78, 5) is 6.78. The molecule has 0 bridgehead atoms. The number of hydrogen-bond acceptors (Lipinski definition) is 5. The molecule has 1 unspecified atom stereocenters. The van der Waals surface area contributed by atoms with Gasteiger partial charge in [-0.05, 0) is 68.6 Å². The largest absolute Gasteiger partial charge is 0.444 e. The van der Waals surface area contributed by atoms with E-state index in [2.05, 4.69) is 52.1 Å². The van der Waals surface area contributed by atoms with Crippen molar-refractivity contribution >= 4 is 32.7 Å². The van der Waals surface area contributed by atoms with Crippen LogP contribution in [-0.4, -0.2) is 36.1 Å². The monoisotopic (exact) mass is 390 g/mol. The van der Waals surface area contributed by atoms with Gasteiger partial charge in [-0.15, -0.1) is 0 Å². The van der Waals surface area contributed by atoms with Gasteiger partial charge < -0.3 is 14.6 Å². The number of hydrogen-bond donors (Lipinski definition) is 1. The molecule has 24 heavy (non-hydrogen) atoms. The molecule has 0 aromatic carbocycles. The van der Waals surface area contributed by atoms with Crippen LogP contribution in [0.3, 0.4) is 0 Å². The van der Waals surface area contributed by atoms with E-state index in [1.165, 1.54) is 12.8 Å². The molecule has 3 rings (SSSR count). The first-order valence-corrected chi connectivity index (χ1v) is 9.20. The molecule has 0 spiro atoms. The average molecular weight is 391 g/mol. The van der Waals surface area contributed by atoms with Crippen molar-refractivity contribution in [2.75, 3.05) is 19.4 Å². The fourth-order valence-electron chi connectivity index (χ4n) is 3.50. The van der Waals surface area contributed by atoms with Crippen molar-refractivity contribution in [2.45, 2.75) is 44.7 Å². The maximum Gasteiger partial charge on any atom is 0.204 e. The summed E-state index contributed by atoms with van der Waals surface area (Å²) in [5, 5.41) is 13.4. The van der Waals surface area contributed by atoms with Crippen LogP contribution in [0.4, 0.5) is 5.82 Å². The van der Waals surface area contributed by atoms with Gasteiger partial charge in [0.1, 0.15) is 11.9 Å². The SMILES string of the molecule is CC(C1CCC(Nc2ncc3oc(C#N)cc3c2Br)CC1)N(C)C. The Morgan fingerprint density at radius 1 is 1.38 bits per heavy atom. The Kier molecular flexibility index (Phi) is 5.12. The molecule has 2 aromatic heterocycles. The third-order valence-electron chi connectivity index (χ3n) is 5.24. The Morgan fingerprint density at radius 2 is 2.08 bits per heavy atom. The number of nitrogens with one attached hydrogen (secondary N) is 1. The van der Waals surface area contributed by atoms with Gasteiger partial charge in [0.2, 0.25) is 5.76 Å². The lowest BCUT2D eigenvalue weighted by atomic mass is 9.81. The fraction of sp³-hybridized carbons (Fsp3) is 0.556. The standard InChI is InChI=1S/C18H23BrN4O/c1-11(23(2)3)12-4-6-13(7-5-12)22-18-17(19)15-8-14(9-20)24-16(15)10-21-18/h8,10-13H,4-7H2,1-3H3,(H,21,22). The van der Waals surface area contributed by atoms with Crippen LogP contribution in [0.2, 0.25) is 0 Å². The average Bonchev–Trinajstić information content (AvgIpc) is 3.01. The zero-order valence-electron chi connectivity index (χ0n) is 14.3. The van der Waals surface area contributed by atoms with Gasteiger partial charge in [0.05, 0.1) is 10.7 Å². The van der Waals surface area contributed by atoms with E-state index in [1.807, 2.05) is 6.07 Å². The second-order valence-electron chi connectivity index (χ2n) is 6.88. The summed E-state index contributed by atoms with van der Waals surface area (Å²) >= 11 is 3.60. The number of anilines is 1. The second kappa shape index (κ2) is 7.12. The van der Waals surface area contributed by atoms with Crippen molar-refractivity contribution in [3.05, 3.63) is 22.5 Å². The van der Waals surface area contributed by atoms with Gasteiger partial charge in [-0.2, -0.15) is 5.26 Å². The van der Waals surface area contributed by atoms with Crippen molar-refractivity contribution in [3.63, 3.8) is 0 Å². The molecule has 1 aliphatic rings. The number of halogens is 1. The summed E-state index contributed by atoms with van der Waals surface area (Å²) in [6, 6.07) is 4.85. The minimum Gasteiger partial charge on any atom is -0.444 e. The topological polar surface area (TPSA) is 65.1 Å². The van der Waals surface area contributed by atoms with E-state index in [9.17, 15) is 0 Å². The Morgan fingerprint density at radius 3 is 2.71 bits per heavy atom. The van der Waals surface area contributed by atoms with E-state index in [-0.39, 0.29) is 0 Å². The van der Waals surface area contributed by atoms with E-state index < -0.39 is 0 Å². The van der Waals surface area contributed by atoms with Gasteiger partial charge in [-0.25, -0.2) is 4.98 Å². The van der Waals surface area contributed by atoms with Crippen LogP contribution in [0, 0.1) is 17.2 Å². The molecule has 0 amide bonds. The van der Waals surface area contributed by atoms with E-state index in [0.29, 0.717) is 23.4 Å². The predicted octanol–water partition coefficient (Wildman–Crippen LogP) is 4.38. The first-order valence-electron chi connectivity index (χ1n) is 8.40. The second-order valence-corrected chi connectivity index (χ2v) is 7.67. The van der Waals surface area contributed by atoms with Gasteiger partial charge in [-0.3, -0.25) is 0 Å². The highest BCUT2D eigenvalue weighted by Crippen LogP contribution is 2.34. The summed E-state index contributed by atoms with van der Waals surface area (Å²) in [6.45, 7) is 2.32. The van der Waals surface area contributed by atoms with Gasteiger partial charge in [0, 0.05) is 23.5 Å². The molecule has 0 aliphatic heterocycles. The van der Waals surface area contributed by atoms with Crippen LogP contribution < -0.4 is 5.32 Å². The molecule has 1 N–H and O–H groups in total. The van der Waals surface area contributed by atoms with E-state index in [0.717, 1.165) is 34.4 Å². The highest BCUT2D eigenvalue weighted by molar-refractivity contribution is 9.10. The Hall–Kier alpha value is -1.58. The van der Waals surface area contributed by atoms with Crippen molar-refractivity contribution in [1.29, 1.82) is 5.26 Å². The summed E-state index contributed by atoms with van der Waals surface area (Å²) in [5.74, 6) is 1.91. The van der Waals surface area contributed by atoms with Crippen LogP contribution in [0.25, 0.3) is 11.0 Å². The van der Waals surface area contributed by atoms with Gasteiger partial charge in [0.25, 0.3) is 0 Å². The zero-order chi connectivity index (χ0) is 17.3. The van der Waals surface area contributed by atoms with Crippen LogP contribution in [0.1, 0.15) is 38.4 Å². The molecule has 6 heteroatoms. The Balaban J connectivity index is 1.68. The smallest absolute Gasteiger partial charge is 0.204 e. The van der Waals surface area contributed by atoms with Crippen molar-refractivity contribution in [1.82, 2.24) is 9.88 Å². The molecular weight excluding hydrogens is 368 g/mol. The molecule has 1 fully saturated rings. The van der Waals surface area contributed by atoms with Gasteiger partial charge in [0.15, 0.2) is 5.58 Å². The van der Waals surface area contributed by atoms with Crippen LogP contribution in [0.5, 0.6) is 0 Å². The van der Waals surface area contributed by atoms with Gasteiger partial charge >= 0.3 is 0 Å². The van der Waals surface area contributed by atoms with E-state index in [4.69, 9.17) is 9.68 Å². The third kappa shape index (κ3) is 3.42. The normalized spacial score (nSPS) is 22.5. The molecule has 1 atom stereocenters. The minimum atomic E-state index is 0.308. The molecular formula is C18H23BrN4O. The van der Waals surface area contributed by atoms with Crippen LogP contribution >= 0.6 is 15.9 Å². The predicted molar refractivity (Wildman–Crippen MR) is 98.9 cm³/mol. The maximum atomic E-state index is 8.97. The third-order valence-corrected chi connectivity index (χ3v) is 6.04. The first kappa shape index (κ1) is 17.2. The zero-order valence-corrected chi connectivity index (χ0v) is 15.9. The Bertz CT molecular complexity index is 756. The summed E-state index contributed by atoms with van der Waals surface area (Å²) in [6.07, 6.45) is 6.47.